The van der Waals surface area contributed by atoms with Crippen molar-refractivity contribution in [3.05, 3.63) is 32.5 Å². The molecule has 1 aromatic carbocycles. The second-order valence-electron chi connectivity index (χ2n) is 3.19. The summed E-state index contributed by atoms with van der Waals surface area (Å²) in [5, 5.41) is 0.608. The molecular formula is C9H8BrClFN. The molecule has 1 aliphatic rings. The molecule has 0 fully saturated rings. The van der Waals surface area contributed by atoms with Crippen LogP contribution in [0, 0.1) is 5.82 Å². The molecule has 13 heavy (non-hydrogen) atoms. The Bertz CT molecular complexity index is 367. The maximum Gasteiger partial charge on any atom is 0.142 e. The van der Waals surface area contributed by atoms with Crippen LogP contribution in [-0.2, 0) is 6.42 Å². The van der Waals surface area contributed by atoms with Crippen molar-refractivity contribution >= 4 is 27.5 Å². The van der Waals surface area contributed by atoms with Crippen molar-refractivity contribution in [2.24, 2.45) is 5.73 Å². The van der Waals surface area contributed by atoms with E-state index in [4.69, 9.17) is 17.3 Å². The van der Waals surface area contributed by atoms with Gasteiger partial charge < -0.3 is 5.73 Å². The fourth-order valence-corrected chi connectivity index (χ4v) is 2.62. The zero-order valence-corrected chi connectivity index (χ0v) is 9.12. The van der Waals surface area contributed by atoms with Gasteiger partial charge in [-0.25, -0.2) is 4.39 Å². The highest BCUT2D eigenvalue weighted by atomic mass is 79.9. The van der Waals surface area contributed by atoms with E-state index in [0.717, 1.165) is 18.4 Å². The first kappa shape index (κ1) is 9.44. The molecular weight excluding hydrogens is 256 g/mol. The lowest BCUT2D eigenvalue weighted by atomic mass is 10.1. The van der Waals surface area contributed by atoms with Crippen LogP contribution in [0.2, 0.25) is 5.02 Å². The highest BCUT2D eigenvalue weighted by Crippen LogP contribution is 2.39. The fourth-order valence-electron chi connectivity index (χ4n) is 1.74. The Kier molecular flexibility index (Phi) is 2.34. The molecule has 1 nitrogen and oxygen atoms in total. The molecule has 70 valence electrons. The number of hydrogen-bond acceptors (Lipinski definition) is 1. The minimum absolute atomic E-state index is 0.204. The average Bonchev–Trinajstić information content (AvgIpc) is 2.44. The average molecular weight is 265 g/mol. The first-order chi connectivity index (χ1) is 6.11. The molecule has 0 aliphatic heterocycles. The number of rotatable bonds is 0. The lowest BCUT2D eigenvalue weighted by molar-refractivity contribution is 0.583. The minimum atomic E-state index is -0.260. The molecule has 2 rings (SSSR count). The van der Waals surface area contributed by atoms with Crippen LogP contribution in [0.25, 0.3) is 0 Å². The summed E-state index contributed by atoms with van der Waals surface area (Å²) in [6.07, 6.45) is 1.56. The Balaban J connectivity index is 2.70. The van der Waals surface area contributed by atoms with E-state index in [-0.39, 0.29) is 11.9 Å². The van der Waals surface area contributed by atoms with Crippen molar-refractivity contribution in [2.75, 3.05) is 0 Å². The van der Waals surface area contributed by atoms with Gasteiger partial charge in [-0.05, 0) is 40.4 Å². The maximum absolute atomic E-state index is 13.5. The van der Waals surface area contributed by atoms with Gasteiger partial charge in [0, 0.05) is 16.6 Å². The van der Waals surface area contributed by atoms with Crippen LogP contribution in [0.5, 0.6) is 0 Å². The maximum atomic E-state index is 13.5. The zero-order valence-electron chi connectivity index (χ0n) is 6.78. The lowest BCUT2D eigenvalue weighted by Gasteiger charge is -2.08. The standard InChI is InChI=1S/C9H8BrClFN/c10-5-3-6(11)4-1-2-7(13)8(4)9(5)12/h3,7H,1-2,13H2. The van der Waals surface area contributed by atoms with Crippen LogP contribution in [0.15, 0.2) is 10.5 Å². The van der Waals surface area contributed by atoms with Crippen LogP contribution < -0.4 is 5.73 Å². The molecule has 0 aromatic heterocycles. The van der Waals surface area contributed by atoms with Crippen LogP contribution in [0.1, 0.15) is 23.6 Å². The summed E-state index contributed by atoms with van der Waals surface area (Å²) in [6.45, 7) is 0. The second-order valence-corrected chi connectivity index (χ2v) is 4.45. The van der Waals surface area contributed by atoms with Gasteiger partial charge >= 0.3 is 0 Å². The van der Waals surface area contributed by atoms with E-state index in [1.54, 1.807) is 6.07 Å². The molecule has 0 spiro atoms. The van der Waals surface area contributed by atoms with Gasteiger partial charge in [-0.15, -0.1) is 0 Å². The van der Waals surface area contributed by atoms with E-state index in [2.05, 4.69) is 15.9 Å². The molecule has 4 heteroatoms. The number of benzene rings is 1. The molecule has 0 saturated carbocycles. The van der Waals surface area contributed by atoms with E-state index in [1.165, 1.54) is 0 Å². The fraction of sp³-hybridized carbons (Fsp3) is 0.333. The van der Waals surface area contributed by atoms with Gasteiger partial charge in [0.25, 0.3) is 0 Å². The highest BCUT2D eigenvalue weighted by Gasteiger charge is 2.26. The zero-order chi connectivity index (χ0) is 9.59. The molecule has 1 unspecified atom stereocenters. The summed E-state index contributed by atoms with van der Waals surface area (Å²) in [4.78, 5) is 0. The van der Waals surface area contributed by atoms with Crippen LogP contribution in [0.4, 0.5) is 4.39 Å². The molecule has 1 aromatic rings. The SMILES string of the molecule is NC1CCc2c(Cl)cc(Br)c(F)c21. The van der Waals surface area contributed by atoms with Gasteiger partial charge in [0.2, 0.25) is 0 Å². The first-order valence-corrected chi connectivity index (χ1v) is 5.20. The molecule has 0 saturated heterocycles. The summed E-state index contributed by atoms with van der Waals surface area (Å²) < 4.78 is 13.9. The first-order valence-electron chi connectivity index (χ1n) is 4.03. The Morgan fingerprint density at radius 2 is 2.31 bits per heavy atom. The Morgan fingerprint density at radius 1 is 1.62 bits per heavy atom. The molecule has 1 aliphatic carbocycles. The monoisotopic (exact) mass is 263 g/mol. The molecule has 0 radical (unpaired) electrons. The van der Waals surface area contributed by atoms with Crippen molar-refractivity contribution in [1.29, 1.82) is 0 Å². The Labute approximate surface area is 89.2 Å². The van der Waals surface area contributed by atoms with Crippen LogP contribution >= 0.6 is 27.5 Å². The van der Waals surface area contributed by atoms with E-state index in [1.807, 2.05) is 0 Å². The third-order valence-corrected chi connectivity index (χ3v) is 3.30. The Morgan fingerprint density at radius 3 is 3.00 bits per heavy atom. The van der Waals surface area contributed by atoms with Gasteiger partial charge in [0.05, 0.1) is 4.47 Å². The van der Waals surface area contributed by atoms with Crippen molar-refractivity contribution in [3.63, 3.8) is 0 Å². The predicted octanol–water partition coefficient (Wildman–Crippen LogP) is 3.19. The summed E-state index contributed by atoms with van der Waals surface area (Å²) >= 11 is 9.07. The van der Waals surface area contributed by atoms with Crippen molar-refractivity contribution < 1.29 is 4.39 Å². The summed E-state index contributed by atoms with van der Waals surface area (Å²) in [6, 6.07) is 1.39. The summed E-state index contributed by atoms with van der Waals surface area (Å²) in [5.41, 5.74) is 7.22. The van der Waals surface area contributed by atoms with Crippen molar-refractivity contribution in [3.8, 4) is 0 Å². The van der Waals surface area contributed by atoms with Gasteiger partial charge in [-0.1, -0.05) is 11.6 Å². The number of fused-ring (bicyclic) bond motifs is 1. The van der Waals surface area contributed by atoms with Crippen LogP contribution in [0.3, 0.4) is 0 Å². The molecule has 0 bridgehead atoms. The number of halogens is 3. The topological polar surface area (TPSA) is 26.0 Å². The van der Waals surface area contributed by atoms with E-state index >= 15 is 0 Å². The van der Waals surface area contributed by atoms with Gasteiger partial charge in [-0.2, -0.15) is 0 Å². The van der Waals surface area contributed by atoms with Crippen molar-refractivity contribution in [2.45, 2.75) is 18.9 Å². The molecule has 2 N–H and O–H groups in total. The highest BCUT2D eigenvalue weighted by molar-refractivity contribution is 9.10. The van der Waals surface area contributed by atoms with Gasteiger partial charge in [-0.3, -0.25) is 0 Å². The predicted molar refractivity (Wildman–Crippen MR) is 54.4 cm³/mol. The second kappa shape index (κ2) is 3.23. The van der Waals surface area contributed by atoms with E-state index < -0.39 is 0 Å². The normalized spacial score (nSPS) is 20.5. The van der Waals surface area contributed by atoms with Gasteiger partial charge in [0.15, 0.2) is 0 Å². The van der Waals surface area contributed by atoms with E-state index in [0.29, 0.717) is 15.1 Å². The van der Waals surface area contributed by atoms with E-state index in [9.17, 15) is 4.39 Å². The van der Waals surface area contributed by atoms with Crippen LogP contribution in [-0.4, -0.2) is 0 Å². The lowest BCUT2D eigenvalue weighted by Crippen LogP contribution is -2.07. The third-order valence-electron chi connectivity index (χ3n) is 2.39. The molecule has 0 amide bonds. The van der Waals surface area contributed by atoms with Crippen molar-refractivity contribution in [1.82, 2.24) is 0 Å². The minimum Gasteiger partial charge on any atom is -0.324 e. The third kappa shape index (κ3) is 1.39. The number of nitrogens with two attached hydrogens (primary N) is 1. The quantitative estimate of drug-likeness (QED) is 0.716. The summed E-state index contributed by atoms with van der Waals surface area (Å²) in [5.74, 6) is -0.260. The molecule has 0 heterocycles. The number of hydrogen-bond donors (Lipinski definition) is 1. The van der Waals surface area contributed by atoms with Gasteiger partial charge in [0.1, 0.15) is 5.82 Å². The largest absolute Gasteiger partial charge is 0.324 e. The smallest absolute Gasteiger partial charge is 0.142 e. The molecule has 1 atom stereocenters. The summed E-state index contributed by atoms with van der Waals surface area (Å²) in [7, 11) is 0. The Hall–Kier alpha value is -0.120.